The van der Waals surface area contributed by atoms with Gasteiger partial charge in [0, 0.05) is 15.5 Å². The van der Waals surface area contributed by atoms with Gasteiger partial charge in [-0.2, -0.15) is 0 Å². The van der Waals surface area contributed by atoms with Crippen molar-refractivity contribution in [3.05, 3.63) is 47.4 Å². The molecule has 1 fully saturated rings. The van der Waals surface area contributed by atoms with Gasteiger partial charge >= 0.3 is 0 Å². The third-order valence-electron chi connectivity index (χ3n) is 3.74. The van der Waals surface area contributed by atoms with Gasteiger partial charge in [0.1, 0.15) is 0 Å². The van der Waals surface area contributed by atoms with Crippen LogP contribution < -0.4 is 0 Å². The summed E-state index contributed by atoms with van der Waals surface area (Å²) >= 11 is 1.94. The van der Waals surface area contributed by atoms with Gasteiger partial charge in [-0.05, 0) is 35.8 Å². The highest BCUT2D eigenvalue weighted by Crippen LogP contribution is 2.50. The maximum absolute atomic E-state index is 4.28. The number of thiophene rings is 1. The number of fused-ring (bicyclic) bond motifs is 1. The molecule has 0 bridgehead atoms. The lowest BCUT2D eigenvalue weighted by molar-refractivity contribution is 0.380. The van der Waals surface area contributed by atoms with Crippen LogP contribution in [0.5, 0.6) is 0 Å². The summed E-state index contributed by atoms with van der Waals surface area (Å²) in [5, 5.41) is 1.38. The molecule has 0 saturated heterocycles. The molecule has 1 heterocycles. The SMILES string of the molecule is C=C1CC(C)(C)CC1c1cc2ccccc2s1. The zero-order chi connectivity index (χ0) is 12.0. The highest BCUT2D eigenvalue weighted by Gasteiger charge is 2.35. The van der Waals surface area contributed by atoms with Crippen molar-refractivity contribution >= 4 is 21.4 Å². The highest BCUT2D eigenvalue weighted by molar-refractivity contribution is 7.19. The van der Waals surface area contributed by atoms with E-state index in [9.17, 15) is 0 Å². The molecule has 88 valence electrons. The van der Waals surface area contributed by atoms with E-state index in [0.717, 1.165) is 0 Å². The Balaban J connectivity index is 2.02. The number of hydrogen-bond donors (Lipinski definition) is 0. The molecule has 0 radical (unpaired) electrons. The summed E-state index contributed by atoms with van der Waals surface area (Å²) in [5.41, 5.74) is 1.85. The van der Waals surface area contributed by atoms with Crippen molar-refractivity contribution in [1.82, 2.24) is 0 Å². The summed E-state index contributed by atoms with van der Waals surface area (Å²) in [4.78, 5) is 1.50. The molecule has 0 aliphatic heterocycles. The minimum Gasteiger partial charge on any atom is -0.140 e. The third-order valence-corrected chi connectivity index (χ3v) is 4.97. The van der Waals surface area contributed by atoms with E-state index in [1.807, 2.05) is 11.3 Å². The third kappa shape index (κ3) is 1.93. The molecule has 0 nitrogen and oxygen atoms in total. The highest BCUT2D eigenvalue weighted by atomic mass is 32.1. The molecule has 1 aliphatic carbocycles. The zero-order valence-electron chi connectivity index (χ0n) is 10.5. The van der Waals surface area contributed by atoms with Gasteiger partial charge in [-0.25, -0.2) is 0 Å². The number of hydrogen-bond acceptors (Lipinski definition) is 1. The second kappa shape index (κ2) is 3.71. The maximum atomic E-state index is 4.28. The fourth-order valence-electron chi connectivity index (χ4n) is 2.98. The van der Waals surface area contributed by atoms with E-state index < -0.39 is 0 Å². The number of rotatable bonds is 1. The fourth-order valence-corrected chi connectivity index (χ4v) is 4.21. The van der Waals surface area contributed by atoms with Crippen LogP contribution in [-0.4, -0.2) is 0 Å². The summed E-state index contributed by atoms with van der Waals surface area (Å²) < 4.78 is 1.40. The molecule has 1 aromatic carbocycles. The van der Waals surface area contributed by atoms with Crippen molar-refractivity contribution in [2.75, 3.05) is 0 Å². The Kier molecular flexibility index (Phi) is 2.41. The molecule has 0 spiro atoms. The lowest BCUT2D eigenvalue weighted by Gasteiger charge is -2.15. The van der Waals surface area contributed by atoms with E-state index in [-0.39, 0.29) is 0 Å². The molecule has 17 heavy (non-hydrogen) atoms. The molecule has 1 saturated carbocycles. The Bertz CT molecular complexity index is 541. The van der Waals surface area contributed by atoms with Crippen molar-refractivity contribution in [1.29, 1.82) is 0 Å². The predicted molar refractivity (Wildman–Crippen MR) is 76.7 cm³/mol. The Hall–Kier alpha value is -1.08. The standard InChI is InChI=1S/C16H18S/c1-11-9-16(2,3)10-13(11)15-8-12-6-4-5-7-14(12)17-15/h4-8,13H,1,9-10H2,2-3H3. The lowest BCUT2D eigenvalue weighted by atomic mass is 9.90. The fraction of sp³-hybridized carbons (Fsp3) is 0.375. The van der Waals surface area contributed by atoms with E-state index in [4.69, 9.17) is 0 Å². The van der Waals surface area contributed by atoms with E-state index in [1.165, 1.54) is 33.4 Å². The minimum absolute atomic E-state index is 0.428. The number of benzene rings is 1. The summed E-state index contributed by atoms with van der Waals surface area (Å²) in [6, 6.07) is 11.0. The topological polar surface area (TPSA) is 0 Å². The van der Waals surface area contributed by atoms with Crippen LogP contribution in [0.4, 0.5) is 0 Å². The first-order chi connectivity index (χ1) is 8.05. The lowest BCUT2D eigenvalue weighted by Crippen LogP contribution is -2.03. The average Bonchev–Trinajstić information content (AvgIpc) is 2.78. The molecule has 0 amide bonds. The largest absolute Gasteiger partial charge is 0.140 e. The van der Waals surface area contributed by atoms with Gasteiger partial charge in [-0.15, -0.1) is 11.3 Å². The average molecular weight is 242 g/mol. The molecule has 3 rings (SSSR count). The van der Waals surface area contributed by atoms with E-state index >= 15 is 0 Å². The van der Waals surface area contributed by atoms with Gasteiger partial charge < -0.3 is 0 Å². The van der Waals surface area contributed by atoms with E-state index in [1.54, 1.807) is 0 Å². The second-order valence-electron chi connectivity index (χ2n) is 5.94. The van der Waals surface area contributed by atoms with Crippen molar-refractivity contribution in [2.24, 2.45) is 5.41 Å². The van der Waals surface area contributed by atoms with Crippen LogP contribution >= 0.6 is 11.3 Å². The van der Waals surface area contributed by atoms with Crippen molar-refractivity contribution < 1.29 is 0 Å². The molecular weight excluding hydrogens is 224 g/mol. The van der Waals surface area contributed by atoms with Crippen LogP contribution in [0.3, 0.4) is 0 Å². The van der Waals surface area contributed by atoms with Gasteiger partial charge in [0.2, 0.25) is 0 Å². The predicted octanol–water partition coefficient (Wildman–Crippen LogP) is 5.36. The van der Waals surface area contributed by atoms with Gasteiger partial charge in [0.15, 0.2) is 0 Å². The first kappa shape index (κ1) is 11.0. The molecule has 0 N–H and O–H groups in total. The van der Waals surface area contributed by atoms with Crippen LogP contribution in [0, 0.1) is 5.41 Å². The summed E-state index contributed by atoms with van der Waals surface area (Å²) in [6.07, 6.45) is 2.42. The zero-order valence-corrected chi connectivity index (χ0v) is 11.3. The smallest absolute Gasteiger partial charge is 0.0345 e. The van der Waals surface area contributed by atoms with Gasteiger partial charge in [-0.1, -0.05) is 44.2 Å². The Morgan fingerprint density at radius 1 is 1.29 bits per heavy atom. The summed E-state index contributed by atoms with van der Waals surface area (Å²) in [6.45, 7) is 8.99. The first-order valence-electron chi connectivity index (χ1n) is 6.21. The Morgan fingerprint density at radius 3 is 2.71 bits per heavy atom. The van der Waals surface area contributed by atoms with E-state index in [0.29, 0.717) is 11.3 Å². The second-order valence-corrected chi connectivity index (χ2v) is 7.06. The van der Waals surface area contributed by atoms with Gasteiger partial charge in [0.05, 0.1) is 0 Å². The normalized spacial score (nSPS) is 23.4. The quantitative estimate of drug-likeness (QED) is 0.590. The minimum atomic E-state index is 0.428. The molecule has 1 atom stereocenters. The van der Waals surface area contributed by atoms with Gasteiger partial charge in [-0.3, -0.25) is 0 Å². The molecule has 1 aromatic heterocycles. The Morgan fingerprint density at radius 2 is 2.06 bits per heavy atom. The molecule has 1 unspecified atom stereocenters. The van der Waals surface area contributed by atoms with Crippen molar-refractivity contribution in [2.45, 2.75) is 32.6 Å². The number of allylic oxidation sites excluding steroid dienone is 1. The molecular formula is C16H18S. The summed E-state index contributed by atoms with van der Waals surface area (Å²) in [5.74, 6) is 0.586. The molecule has 1 aliphatic rings. The van der Waals surface area contributed by atoms with Crippen LogP contribution in [0.15, 0.2) is 42.5 Å². The monoisotopic (exact) mass is 242 g/mol. The van der Waals surface area contributed by atoms with E-state index in [2.05, 4.69) is 50.8 Å². The first-order valence-corrected chi connectivity index (χ1v) is 7.03. The molecule has 1 heteroatoms. The van der Waals surface area contributed by atoms with Crippen LogP contribution in [-0.2, 0) is 0 Å². The van der Waals surface area contributed by atoms with Crippen LogP contribution in [0.25, 0.3) is 10.1 Å². The van der Waals surface area contributed by atoms with Crippen LogP contribution in [0.2, 0.25) is 0 Å². The Labute approximate surface area is 107 Å². The summed E-state index contributed by atoms with van der Waals surface area (Å²) in [7, 11) is 0. The van der Waals surface area contributed by atoms with Crippen molar-refractivity contribution in [3.63, 3.8) is 0 Å². The maximum Gasteiger partial charge on any atom is 0.0345 e. The van der Waals surface area contributed by atoms with Crippen molar-refractivity contribution in [3.8, 4) is 0 Å². The molecule has 2 aromatic rings. The van der Waals surface area contributed by atoms with Gasteiger partial charge in [0.25, 0.3) is 0 Å². The van der Waals surface area contributed by atoms with Crippen LogP contribution in [0.1, 0.15) is 37.5 Å².